The van der Waals surface area contributed by atoms with Crippen molar-refractivity contribution >= 4 is 35.2 Å². The monoisotopic (exact) mass is 300 g/mol. The lowest BCUT2D eigenvalue weighted by molar-refractivity contribution is -0.143. The second-order valence-electron chi connectivity index (χ2n) is 3.85. The maximum Gasteiger partial charge on any atom is 0.329 e. The van der Waals surface area contributed by atoms with E-state index in [1.54, 1.807) is 18.2 Å². The van der Waals surface area contributed by atoms with Crippen LogP contribution in [0.1, 0.15) is 5.56 Å². The van der Waals surface area contributed by atoms with Crippen molar-refractivity contribution in [3.8, 4) is 0 Å². The third-order valence-electron chi connectivity index (χ3n) is 2.14. The highest BCUT2D eigenvalue weighted by molar-refractivity contribution is 6.31. The molecule has 0 bridgehead atoms. The summed E-state index contributed by atoms with van der Waals surface area (Å²) in [5, 5.41) is 13.2. The largest absolute Gasteiger partial charge is 0.480 e. The van der Waals surface area contributed by atoms with Crippen molar-refractivity contribution in [1.29, 1.82) is 0 Å². The summed E-state index contributed by atoms with van der Waals surface area (Å²) in [5.74, 6) is -1.95. The molecule has 1 aromatic rings. The number of aryl methyl sites for hydroxylation is 1. The van der Waals surface area contributed by atoms with Crippen molar-refractivity contribution in [1.82, 2.24) is 5.32 Å². The van der Waals surface area contributed by atoms with E-state index >= 15 is 0 Å². The van der Waals surface area contributed by atoms with Crippen molar-refractivity contribution in [2.75, 3.05) is 18.5 Å². The Hall–Kier alpha value is -2.12. The summed E-state index contributed by atoms with van der Waals surface area (Å²) in [6, 6.07) is 4.14. The molecular weight excluding hydrogens is 288 g/mol. The van der Waals surface area contributed by atoms with Gasteiger partial charge in [0.25, 0.3) is 5.91 Å². The molecule has 0 fully saturated rings. The van der Waals surface area contributed by atoms with E-state index in [9.17, 15) is 14.4 Å². The number of ether oxygens (including phenoxy) is 1. The van der Waals surface area contributed by atoms with Crippen LogP contribution >= 0.6 is 11.6 Å². The predicted octanol–water partition coefficient (Wildman–Crippen LogP) is 1.40. The molecule has 20 heavy (non-hydrogen) atoms. The Bertz CT molecular complexity index is 533. The standard InChI is InChI=1S/C12H13ClN2O5/c1-7-2-3-8(4-9(7)13)14-12(19)15-10(16)5-20-6-11(17)18/h2-4H,5-6H2,1H3,(H,17,18)(H2,14,15,16,19). The van der Waals surface area contributed by atoms with Crippen LogP contribution in [0.2, 0.25) is 5.02 Å². The summed E-state index contributed by atoms with van der Waals surface area (Å²) in [7, 11) is 0. The fourth-order valence-electron chi connectivity index (χ4n) is 1.23. The molecule has 0 aliphatic carbocycles. The fourth-order valence-corrected chi connectivity index (χ4v) is 1.41. The molecule has 0 unspecified atom stereocenters. The average molecular weight is 301 g/mol. The van der Waals surface area contributed by atoms with Gasteiger partial charge in [0.15, 0.2) is 0 Å². The molecule has 7 nitrogen and oxygen atoms in total. The molecule has 1 rings (SSSR count). The Labute approximate surface area is 119 Å². The molecule has 108 valence electrons. The topological polar surface area (TPSA) is 105 Å². The van der Waals surface area contributed by atoms with E-state index < -0.39 is 31.1 Å². The molecule has 0 aliphatic heterocycles. The zero-order chi connectivity index (χ0) is 15.1. The van der Waals surface area contributed by atoms with E-state index in [0.29, 0.717) is 10.7 Å². The van der Waals surface area contributed by atoms with Crippen molar-refractivity contribution in [3.63, 3.8) is 0 Å². The van der Waals surface area contributed by atoms with Gasteiger partial charge in [-0.2, -0.15) is 0 Å². The Morgan fingerprint density at radius 1 is 1.30 bits per heavy atom. The normalized spacial score (nSPS) is 9.90. The molecule has 0 atom stereocenters. The van der Waals surface area contributed by atoms with Gasteiger partial charge in [0.2, 0.25) is 0 Å². The highest BCUT2D eigenvalue weighted by Crippen LogP contribution is 2.19. The van der Waals surface area contributed by atoms with E-state index in [0.717, 1.165) is 5.56 Å². The van der Waals surface area contributed by atoms with E-state index in [2.05, 4.69) is 10.1 Å². The van der Waals surface area contributed by atoms with Crippen molar-refractivity contribution in [2.45, 2.75) is 6.92 Å². The van der Waals surface area contributed by atoms with Gasteiger partial charge in [-0.05, 0) is 24.6 Å². The van der Waals surface area contributed by atoms with Gasteiger partial charge < -0.3 is 15.2 Å². The minimum Gasteiger partial charge on any atom is -0.480 e. The van der Waals surface area contributed by atoms with E-state index in [1.165, 1.54) is 0 Å². The number of nitrogens with one attached hydrogen (secondary N) is 2. The van der Waals surface area contributed by atoms with Gasteiger partial charge in [0.1, 0.15) is 13.2 Å². The number of urea groups is 1. The average Bonchev–Trinajstić information content (AvgIpc) is 2.33. The molecule has 3 N–H and O–H groups in total. The Morgan fingerprint density at radius 2 is 2.00 bits per heavy atom. The Morgan fingerprint density at radius 3 is 2.60 bits per heavy atom. The SMILES string of the molecule is Cc1ccc(NC(=O)NC(=O)COCC(=O)O)cc1Cl. The number of carbonyl (C=O) groups is 3. The molecule has 0 saturated heterocycles. The predicted molar refractivity (Wildman–Crippen MR) is 71.8 cm³/mol. The molecule has 0 aromatic heterocycles. The summed E-state index contributed by atoms with van der Waals surface area (Å²) in [6.07, 6.45) is 0. The number of rotatable bonds is 5. The highest BCUT2D eigenvalue weighted by Gasteiger charge is 2.09. The lowest BCUT2D eigenvalue weighted by atomic mass is 10.2. The minimum atomic E-state index is -1.20. The number of aliphatic carboxylic acids is 1. The zero-order valence-electron chi connectivity index (χ0n) is 10.6. The third kappa shape index (κ3) is 5.68. The summed E-state index contributed by atoms with van der Waals surface area (Å²) in [6.45, 7) is 0.687. The first-order valence-electron chi connectivity index (χ1n) is 5.55. The zero-order valence-corrected chi connectivity index (χ0v) is 11.4. The van der Waals surface area contributed by atoms with E-state index in [1.807, 2.05) is 12.2 Å². The van der Waals surface area contributed by atoms with Crippen LogP contribution in [0.25, 0.3) is 0 Å². The Balaban J connectivity index is 2.41. The van der Waals surface area contributed by atoms with Gasteiger partial charge in [0, 0.05) is 10.7 Å². The lowest BCUT2D eigenvalue weighted by Crippen LogP contribution is -2.37. The first-order chi connectivity index (χ1) is 9.38. The van der Waals surface area contributed by atoms with Crippen LogP contribution in [0.3, 0.4) is 0 Å². The maximum absolute atomic E-state index is 11.5. The van der Waals surface area contributed by atoms with Crippen LogP contribution in [0.4, 0.5) is 10.5 Å². The third-order valence-corrected chi connectivity index (χ3v) is 2.55. The second-order valence-corrected chi connectivity index (χ2v) is 4.26. The van der Waals surface area contributed by atoms with Crippen molar-refractivity contribution < 1.29 is 24.2 Å². The van der Waals surface area contributed by atoms with Gasteiger partial charge >= 0.3 is 12.0 Å². The molecule has 0 aliphatic rings. The summed E-state index contributed by atoms with van der Waals surface area (Å²) in [5.41, 5.74) is 1.29. The first kappa shape index (κ1) is 15.9. The highest BCUT2D eigenvalue weighted by atomic mass is 35.5. The Kier molecular flexibility index (Phi) is 5.95. The van der Waals surface area contributed by atoms with Crippen LogP contribution in [-0.4, -0.2) is 36.2 Å². The van der Waals surface area contributed by atoms with Gasteiger partial charge in [-0.1, -0.05) is 17.7 Å². The number of halogens is 1. The number of anilines is 1. The molecule has 1 aromatic carbocycles. The van der Waals surface area contributed by atoms with Gasteiger partial charge in [0.05, 0.1) is 0 Å². The molecule has 0 heterocycles. The summed E-state index contributed by atoms with van der Waals surface area (Å²) >= 11 is 5.89. The minimum absolute atomic E-state index is 0.428. The molecule has 8 heteroatoms. The van der Waals surface area contributed by atoms with E-state index in [4.69, 9.17) is 16.7 Å². The smallest absolute Gasteiger partial charge is 0.329 e. The summed E-state index contributed by atoms with van der Waals surface area (Å²) in [4.78, 5) is 32.8. The van der Waals surface area contributed by atoms with E-state index in [-0.39, 0.29) is 0 Å². The van der Waals surface area contributed by atoms with Crippen LogP contribution < -0.4 is 10.6 Å². The number of carboxylic acid groups (broad SMARTS) is 1. The van der Waals surface area contributed by atoms with Crippen LogP contribution in [0.15, 0.2) is 18.2 Å². The number of carbonyl (C=O) groups excluding carboxylic acids is 2. The second kappa shape index (κ2) is 7.46. The quantitative estimate of drug-likeness (QED) is 0.762. The number of amides is 3. The molecule has 0 spiro atoms. The number of carboxylic acids is 1. The fraction of sp³-hybridized carbons (Fsp3) is 0.250. The van der Waals surface area contributed by atoms with Gasteiger partial charge in [-0.3, -0.25) is 10.1 Å². The molecule has 0 saturated carbocycles. The van der Waals surface area contributed by atoms with Crippen LogP contribution in [0.5, 0.6) is 0 Å². The number of imide groups is 1. The number of hydrogen-bond acceptors (Lipinski definition) is 4. The van der Waals surface area contributed by atoms with Crippen molar-refractivity contribution in [3.05, 3.63) is 28.8 Å². The number of hydrogen-bond donors (Lipinski definition) is 3. The molecule has 3 amide bonds. The van der Waals surface area contributed by atoms with Crippen LogP contribution in [0, 0.1) is 6.92 Å². The molecular formula is C12H13ClN2O5. The van der Waals surface area contributed by atoms with Crippen LogP contribution in [-0.2, 0) is 14.3 Å². The molecule has 0 radical (unpaired) electrons. The van der Waals surface area contributed by atoms with Gasteiger partial charge in [-0.25, -0.2) is 9.59 Å². The summed E-state index contributed by atoms with van der Waals surface area (Å²) < 4.78 is 4.53. The lowest BCUT2D eigenvalue weighted by Gasteiger charge is -2.08. The maximum atomic E-state index is 11.5. The van der Waals surface area contributed by atoms with Crippen molar-refractivity contribution in [2.24, 2.45) is 0 Å². The first-order valence-corrected chi connectivity index (χ1v) is 5.93. The number of benzene rings is 1. The van der Waals surface area contributed by atoms with Gasteiger partial charge in [-0.15, -0.1) is 0 Å².